The van der Waals surface area contributed by atoms with Crippen LogP contribution in [0.5, 0.6) is 0 Å². The lowest BCUT2D eigenvalue weighted by molar-refractivity contribution is -0.149. The van der Waals surface area contributed by atoms with Crippen molar-refractivity contribution in [2.75, 3.05) is 18.9 Å². The van der Waals surface area contributed by atoms with Gasteiger partial charge in [0.1, 0.15) is 29.5 Å². The van der Waals surface area contributed by atoms with Crippen LogP contribution in [0.3, 0.4) is 0 Å². The Labute approximate surface area is 157 Å². The Hall–Kier alpha value is -1.91. The number of carboxylic acid groups (broad SMARTS) is 1. The minimum Gasteiger partial charge on any atom is -0.477 e. The molecule has 2 atom stereocenters. The normalized spacial score (nSPS) is 22.1. The van der Waals surface area contributed by atoms with Crippen LogP contribution in [-0.2, 0) is 25.5 Å². The monoisotopic (exact) mass is 400 g/mol. The second-order valence-corrected chi connectivity index (χ2v) is 7.93. The van der Waals surface area contributed by atoms with Gasteiger partial charge in [0, 0.05) is 29.7 Å². The zero-order valence-corrected chi connectivity index (χ0v) is 15.5. The van der Waals surface area contributed by atoms with Crippen molar-refractivity contribution >= 4 is 40.9 Å². The lowest BCUT2D eigenvalue weighted by Crippen LogP contribution is -2.70. The Kier molecular flexibility index (Phi) is 5.64. The first-order chi connectivity index (χ1) is 12.4. The second-order valence-electron chi connectivity index (χ2n) is 5.82. The van der Waals surface area contributed by atoms with Crippen molar-refractivity contribution in [1.82, 2.24) is 10.2 Å². The number of nitrogens with zero attached hydrogens (tertiary/aromatic N) is 1. The second kappa shape index (κ2) is 7.77. The molecule has 26 heavy (non-hydrogen) atoms. The summed E-state index contributed by atoms with van der Waals surface area (Å²) in [5.41, 5.74) is 0.295. The van der Waals surface area contributed by atoms with Crippen LogP contribution in [0, 0.1) is 5.82 Å². The molecule has 1 fully saturated rings. The lowest BCUT2D eigenvalue weighted by atomic mass is 10.0. The van der Waals surface area contributed by atoms with Crippen LogP contribution in [0.15, 0.2) is 22.7 Å². The molecule has 1 saturated heterocycles. The highest BCUT2D eigenvalue weighted by Gasteiger charge is 2.53. The van der Waals surface area contributed by atoms with E-state index in [0.29, 0.717) is 29.2 Å². The number of hydrogen-bond acceptors (Lipinski definition) is 7. The fourth-order valence-electron chi connectivity index (χ4n) is 2.88. The van der Waals surface area contributed by atoms with Gasteiger partial charge < -0.3 is 15.2 Å². The number of esters is 1. The number of nitrogens with one attached hydrogen (secondary N) is 1. The quantitative estimate of drug-likeness (QED) is 0.525. The van der Waals surface area contributed by atoms with Gasteiger partial charge in [-0.1, -0.05) is 0 Å². The molecule has 140 valence electrons. The standard InChI is InChI=1S/C16H17FN2O5S2/c1-8(20)24-6-9-7-26-15-12(14(21)19(15)13(9)16(22)23)18-4-2-11-10(17)3-5-25-11/h3,5,12,15,18H,2,4,6-7H2,1H3,(H,22,23). The first-order valence-corrected chi connectivity index (χ1v) is 9.81. The fraction of sp³-hybridized carbons (Fsp3) is 0.438. The summed E-state index contributed by atoms with van der Waals surface area (Å²) >= 11 is 2.74. The van der Waals surface area contributed by atoms with Crippen LogP contribution in [0.2, 0.25) is 0 Å². The fourth-order valence-corrected chi connectivity index (χ4v) is 4.99. The van der Waals surface area contributed by atoms with E-state index in [-0.39, 0.29) is 29.4 Å². The maximum Gasteiger partial charge on any atom is 0.352 e. The predicted molar refractivity (Wildman–Crippen MR) is 94.2 cm³/mol. The van der Waals surface area contributed by atoms with E-state index < -0.39 is 18.0 Å². The van der Waals surface area contributed by atoms with Crippen LogP contribution >= 0.6 is 23.1 Å². The van der Waals surface area contributed by atoms with E-state index in [2.05, 4.69) is 5.32 Å². The molecule has 3 rings (SSSR count). The number of rotatable bonds is 7. The molecule has 0 spiro atoms. The topological polar surface area (TPSA) is 95.9 Å². The molecule has 0 aromatic carbocycles. The van der Waals surface area contributed by atoms with Gasteiger partial charge in [0.05, 0.1) is 0 Å². The van der Waals surface area contributed by atoms with Gasteiger partial charge in [-0.25, -0.2) is 9.18 Å². The van der Waals surface area contributed by atoms with E-state index in [0.717, 1.165) is 0 Å². The average molecular weight is 400 g/mol. The molecular weight excluding hydrogens is 383 g/mol. The summed E-state index contributed by atoms with van der Waals surface area (Å²) in [6, 6.07) is 0.898. The van der Waals surface area contributed by atoms with Gasteiger partial charge in [-0.05, 0) is 17.9 Å². The largest absolute Gasteiger partial charge is 0.477 e. The zero-order chi connectivity index (χ0) is 18.8. The number of aliphatic carboxylic acids is 1. The number of amides is 1. The summed E-state index contributed by atoms with van der Waals surface area (Å²) in [7, 11) is 0. The molecule has 1 aromatic rings. The highest BCUT2D eigenvalue weighted by Crippen LogP contribution is 2.40. The third-order valence-corrected chi connectivity index (χ3v) is 6.40. The lowest BCUT2D eigenvalue weighted by Gasteiger charge is -2.49. The van der Waals surface area contributed by atoms with Crippen molar-refractivity contribution in [2.45, 2.75) is 24.8 Å². The molecule has 2 aliphatic heterocycles. The number of halogens is 1. The van der Waals surface area contributed by atoms with E-state index in [1.165, 1.54) is 41.0 Å². The van der Waals surface area contributed by atoms with E-state index in [4.69, 9.17) is 4.74 Å². The maximum absolute atomic E-state index is 13.4. The Morgan fingerprint density at radius 2 is 2.27 bits per heavy atom. The average Bonchev–Trinajstić information content (AvgIpc) is 3.00. The van der Waals surface area contributed by atoms with E-state index in [1.54, 1.807) is 5.38 Å². The van der Waals surface area contributed by atoms with E-state index >= 15 is 0 Å². The Morgan fingerprint density at radius 1 is 1.50 bits per heavy atom. The van der Waals surface area contributed by atoms with Crippen LogP contribution in [0.25, 0.3) is 0 Å². The maximum atomic E-state index is 13.4. The SMILES string of the molecule is CC(=O)OCC1=C(C(=O)O)N2C(=O)C(NCCc3sccc3F)C2SC1. The van der Waals surface area contributed by atoms with Crippen LogP contribution in [-0.4, -0.2) is 58.2 Å². The first-order valence-electron chi connectivity index (χ1n) is 7.88. The number of ether oxygens (including phenoxy) is 1. The number of carboxylic acids is 1. The summed E-state index contributed by atoms with van der Waals surface area (Å²) in [5, 5.41) is 13.9. The van der Waals surface area contributed by atoms with Crippen molar-refractivity contribution in [3.05, 3.63) is 33.4 Å². The van der Waals surface area contributed by atoms with Gasteiger partial charge in [0.15, 0.2) is 0 Å². The molecule has 2 aliphatic rings. The highest BCUT2D eigenvalue weighted by molar-refractivity contribution is 8.00. The van der Waals surface area contributed by atoms with Gasteiger partial charge in [-0.2, -0.15) is 0 Å². The number of carbonyl (C=O) groups is 3. The summed E-state index contributed by atoms with van der Waals surface area (Å²) in [6.45, 7) is 1.52. The molecule has 0 saturated carbocycles. The van der Waals surface area contributed by atoms with Crippen molar-refractivity contribution in [1.29, 1.82) is 0 Å². The van der Waals surface area contributed by atoms with E-state index in [1.807, 2.05) is 0 Å². The zero-order valence-electron chi connectivity index (χ0n) is 13.9. The highest BCUT2D eigenvalue weighted by atomic mass is 32.2. The molecule has 2 N–H and O–H groups in total. The van der Waals surface area contributed by atoms with Gasteiger partial charge >= 0.3 is 11.9 Å². The summed E-state index contributed by atoms with van der Waals surface area (Å²) in [6.07, 6.45) is 0.462. The molecule has 1 aromatic heterocycles. The number of β-lactam (4-membered cyclic amide) rings is 1. The van der Waals surface area contributed by atoms with Gasteiger partial charge in [-0.15, -0.1) is 23.1 Å². The van der Waals surface area contributed by atoms with Crippen molar-refractivity contribution in [3.8, 4) is 0 Å². The Morgan fingerprint density at radius 3 is 2.88 bits per heavy atom. The number of thioether (sulfide) groups is 1. The van der Waals surface area contributed by atoms with Crippen LogP contribution < -0.4 is 5.32 Å². The van der Waals surface area contributed by atoms with Gasteiger partial charge in [0.25, 0.3) is 0 Å². The molecule has 0 radical (unpaired) electrons. The van der Waals surface area contributed by atoms with Crippen molar-refractivity contribution < 1.29 is 28.6 Å². The van der Waals surface area contributed by atoms with Crippen LogP contribution in [0.4, 0.5) is 4.39 Å². The van der Waals surface area contributed by atoms with Crippen LogP contribution in [0.1, 0.15) is 11.8 Å². The Balaban J connectivity index is 1.64. The molecule has 1 amide bonds. The molecule has 10 heteroatoms. The summed E-state index contributed by atoms with van der Waals surface area (Å²) in [4.78, 5) is 36.8. The number of hydrogen-bond donors (Lipinski definition) is 2. The van der Waals surface area contributed by atoms with Crippen molar-refractivity contribution in [3.63, 3.8) is 0 Å². The summed E-state index contributed by atoms with van der Waals surface area (Å²) < 4.78 is 18.3. The molecule has 0 aliphatic carbocycles. The minimum absolute atomic E-state index is 0.109. The number of thiophene rings is 1. The predicted octanol–water partition coefficient (Wildman–Crippen LogP) is 1.20. The smallest absolute Gasteiger partial charge is 0.352 e. The number of carbonyl (C=O) groups excluding carboxylic acids is 2. The van der Waals surface area contributed by atoms with Gasteiger partial charge in [0.2, 0.25) is 5.91 Å². The molecular formula is C16H17FN2O5S2. The minimum atomic E-state index is -1.22. The number of fused-ring (bicyclic) bond motifs is 1. The molecule has 3 heterocycles. The third-order valence-electron chi connectivity index (χ3n) is 4.11. The molecule has 7 nitrogen and oxygen atoms in total. The van der Waals surface area contributed by atoms with Gasteiger partial charge in [-0.3, -0.25) is 14.5 Å². The summed E-state index contributed by atoms with van der Waals surface area (Å²) in [5.74, 6) is -1.96. The Bertz CT molecular complexity index is 778. The molecule has 2 unspecified atom stereocenters. The van der Waals surface area contributed by atoms with Crippen molar-refractivity contribution in [2.24, 2.45) is 0 Å². The molecule has 0 bridgehead atoms. The third kappa shape index (κ3) is 3.62. The van der Waals surface area contributed by atoms with E-state index in [9.17, 15) is 23.9 Å². The first kappa shape index (κ1) is 18.9.